The van der Waals surface area contributed by atoms with E-state index >= 15 is 8.78 Å². The summed E-state index contributed by atoms with van der Waals surface area (Å²) in [6.45, 7) is 16.3. The van der Waals surface area contributed by atoms with Gasteiger partial charge in [0.15, 0.2) is 8.32 Å². The average Bonchev–Trinajstić information content (AvgIpc) is 2.53. The van der Waals surface area contributed by atoms with Crippen molar-refractivity contribution in [3.05, 3.63) is 0 Å². The summed E-state index contributed by atoms with van der Waals surface area (Å²) < 4.78 is 46.9. The third-order valence-corrected chi connectivity index (χ3v) is 9.57. The number of alkyl halides is 2. The van der Waals surface area contributed by atoms with Crippen molar-refractivity contribution in [2.24, 2.45) is 5.73 Å². The largest absolute Gasteiger partial charge is 0.466 e. The van der Waals surface area contributed by atoms with Gasteiger partial charge in [-0.1, -0.05) is 20.8 Å². The molecule has 0 bridgehead atoms. The van der Waals surface area contributed by atoms with Crippen LogP contribution in [-0.4, -0.2) is 57.2 Å². The fourth-order valence-electron chi connectivity index (χ4n) is 2.56. The maximum absolute atomic E-state index is 15.4. The molecule has 10 heteroatoms. The molecule has 0 aromatic heterocycles. The molecular weight excluding hydrogens is 426 g/mol. The highest BCUT2D eigenvalue weighted by atomic mass is 28.4. The Kier molecular flexibility index (Phi) is 11.1. The number of carbonyl (C=O) groups excluding carboxylic acids is 2. The lowest BCUT2D eigenvalue weighted by Crippen LogP contribution is -2.59. The molecule has 7 nitrogen and oxygen atoms in total. The van der Waals surface area contributed by atoms with Crippen molar-refractivity contribution in [1.29, 1.82) is 0 Å². The Hall–Kier alpha value is -1.26. The highest BCUT2D eigenvalue weighted by Gasteiger charge is 2.52. The van der Waals surface area contributed by atoms with Crippen LogP contribution in [0.5, 0.6) is 0 Å². The lowest BCUT2D eigenvalue weighted by molar-refractivity contribution is -0.163. The van der Waals surface area contributed by atoms with Crippen LogP contribution < -0.4 is 11.1 Å². The van der Waals surface area contributed by atoms with Crippen LogP contribution in [0.2, 0.25) is 18.1 Å². The summed E-state index contributed by atoms with van der Waals surface area (Å²) >= 11 is 0. The summed E-state index contributed by atoms with van der Waals surface area (Å²) in [5.41, 5.74) is 4.80. The molecule has 0 heterocycles. The van der Waals surface area contributed by atoms with Crippen LogP contribution in [0, 0.1) is 0 Å². The predicted octanol–water partition coefficient (Wildman–Crippen LogP) is 4.60. The standard InChI is InChI=1S/C21H42F2N2O5Si/c1-10-28-16(26)14-21(22,23)17(30-31(8,9)20(5,6)7)15(12-11-13-24)25-18(27)29-19(2,3)4/h15,17H,10-14,24H2,1-9H3,(H,25,27)/t15-,17?/m0/s1. The fourth-order valence-corrected chi connectivity index (χ4v) is 3.88. The molecule has 0 saturated heterocycles. The van der Waals surface area contributed by atoms with Gasteiger partial charge in [-0.2, -0.15) is 0 Å². The van der Waals surface area contributed by atoms with Gasteiger partial charge in [0.2, 0.25) is 0 Å². The first-order valence-electron chi connectivity index (χ1n) is 10.8. The number of nitrogens with two attached hydrogens (primary N) is 1. The summed E-state index contributed by atoms with van der Waals surface area (Å²) in [5, 5.41) is 2.18. The molecule has 0 aliphatic rings. The van der Waals surface area contributed by atoms with Gasteiger partial charge < -0.3 is 25.0 Å². The van der Waals surface area contributed by atoms with Crippen molar-refractivity contribution in [1.82, 2.24) is 5.32 Å². The van der Waals surface area contributed by atoms with Gasteiger partial charge in [-0.3, -0.25) is 4.79 Å². The Morgan fingerprint density at radius 2 is 1.65 bits per heavy atom. The van der Waals surface area contributed by atoms with E-state index in [1.54, 1.807) is 27.7 Å². The van der Waals surface area contributed by atoms with Gasteiger partial charge >= 0.3 is 12.1 Å². The SMILES string of the molecule is CCOC(=O)CC(F)(F)C(O[Si](C)(C)C(C)(C)C)[C@H](CCCN)NC(=O)OC(C)(C)C. The molecule has 0 aromatic carbocycles. The van der Waals surface area contributed by atoms with E-state index in [0.29, 0.717) is 6.42 Å². The summed E-state index contributed by atoms with van der Waals surface area (Å²) in [6, 6.07) is -1.10. The van der Waals surface area contributed by atoms with Gasteiger partial charge in [0.25, 0.3) is 5.92 Å². The summed E-state index contributed by atoms with van der Waals surface area (Å²) in [6.07, 6.45) is -3.18. The molecule has 3 N–H and O–H groups in total. The second kappa shape index (κ2) is 11.6. The van der Waals surface area contributed by atoms with Crippen LogP contribution in [0.25, 0.3) is 0 Å². The summed E-state index contributed by atoms with van der Waals surface area (Å²) in [5.74, 6) is -4.60. The van der Waals surface area contributed by atoms with E-state index in [1.807, 2.05) is 33.9 Å². The number of amides is 1. The third-order valence-electron chi connectivity index (χ3n) is 5.12. The topological polar surface area (TPSA) is 99.9 Å². The quantitative estimate of drug-likeness (QED) is 0.340. The smallest absolute Gasteiger partial charge is 0.407 e. The van der Waals surface area contributed by atoms with Gasteiger partial charge in [-0.05, 0) is 65.2 Å². The zero-order valence-corrected chi connectivity index (χ0v) is 21.6. The molecule has 2 atom stereocenters. The second-order valence-electron chi connectivity index (χ2n) is 10.2. The molecule has 1 amide bonds. The fraction of sp³-hybridized carbons (Fsp3) is 0.905. The van der Waals surface area contributed by atoms with Crippen LogP contribution in [0.3, 0.4) is 0 Å². The minimum absolute atomic E-state index is 0.00453. The van der Waals surface area contributed by atoms with Crippen molar-refractivity contribution < 1.29 is 32.3 Å². The Morgan fingerprint density at radius 3 is 2.06 bits per heavy atom. The van der Waals surface area contributed by atoms with Crippen LogP contribution in [0.4, 0.5) is 13.6 Å². The van der Waals surface area contributed by atoms with Crippen molar-refractivity contribution in [2.45, 2.75) is 110 Å². The molecular formula is C21H42F2N2O5Si. The maximum Gasteiger partial charge on any atom is 0.407 e. The zero-order chi connectivity index (χ0) is 24.7. The second-order valence-corrected chi connectivity index (χ2v) is 15.0. The number of carbonyl (C=O) groups is 2. The molecule has 0 aliphatic heterocycles. The van der Waals surface area contributed by atoms with E-state index < -0.39 is 50.5 Å². The highest BCUT2D eigenvalue weighted by Crippen LogP contribution is 2.41. The van der Waals surface area contributed by atoms with E-state index in [4.69, 9.17) is 19.6 Å². The van der Waals surface area contributed by atoms with E-state index in [2.05, 4.69) is 5.32 Å². The maximum atomic E-state index is 15.4. The first kappa shape index (κ1) is 29.7. The molecule has 184 valence electrons. The van der Waals surface area contributed by atoms with Crippen LogP contribution in [0.15, 0.2) is 0 Å². The number of alkyl carbamates (subject to hydrolysis) is 1. The first-order valence-corrected chi connectivity index (χ1v) is 13.7. The molecule has 0 rings (SSSR count). The van der Waals surface area contributed by atoms with E-state index in [9.17, 15) is 9.59 Å². The predicted molar refractivity (Wildman–Crippen MR) is 120 cm³/mol. The molecule has 0 aliphatic carbocycles. The number of hydrogen-bond acceptors (Lipinski definition) is 6. The van der Waals surface area contributed by atoms with Gasteiger partial charge in [0.05, 0.1) is 12.6 Å². The van der Waals surface area contributed by atoms with E-state index in [0.717, 1.165) is 0 Å². The number of ether oxygens (including phenoxy) is 2. The summed E-state index contributed by atoms with van der Waals surface area (Å²) in [4.78, 5) is 24.3. The van der Waals surface area contributed by atoms with E-state index in [-0.39, 0.29) is 24.6 Å². The lowest BCUT2D eigenvalue weighted by atomic mass is 9.98. The third kappa shape index (κ3) is 10.7. The molecule has 31 heavy (non-hydrogen) atoms. The molecule has 0 spiro atoms. The van der Waals surface area contributed by atoms with Crippen molar-refractivity contribution in [3.63, 3.8) is 0 Å². The van der Waals surface area contributed by atoms with Gasteiger partial charge in [0, 0.05) is 0 Å². The minimum atomic E-state index is -3.57. The van der Waals surface area contributed by atoms with Crippen LogP contribution in [-0.2, 0) is 18.7 Å². The monoisotopic (exact) mass is 468 g/mol. The van der Waals surface area contributed by atoms with E-state index in [1.165, 1.54) is 0 Å². The Bertz CT molecular complexity index is 589. The first-order chi connectivity index (χ1) is 13.9. The number of halogens is 2. The zero-order valence-electron chi connectivity index (χ0n) is 20.6. The number of esters is 1. The molecule has 0 radical (unpaired) electrons. The lowest BCUT2D eigenvalue weighted by Gasteiger charge is -2.43. The molecule has 1 unspecified atom stereocenters. The normalized spacial score (nSPS) is 15.2. The highest BCUT2D eigenvalue weighted by molar-refractivity contribution is 6.74. The number of hydrogen-bond donors (Lipinski definition) is 2. The van der Waals surface area contributed by atoms with Gasteiger partial charge in [-0.15, -0.1) is 0 Å². The molecule has 0 aromatic rings. The number of rotatable bonds is 11. The average molecular weight is 469 g/mol. The van der Waals surface area contributed by atoms with Crippen molar-refractivity contribution in [2.75, 3.05) is 13.2 Å². The molecule has 0 fully saturated rings. The van der Waals surface area contributed by atoms with Crippen molar-refractivity contribution >= 4 is 20.4 Å². The Labute approximate surface area is 186 Å². The van der Waals surface area contributed by atoms with Crippen LogP contribution in [0.1, 0.15) is 67.7 Å². The minimum Gasteiger partial charge on any atom is -0.466 e. The Morgan fingerprint density at radius 1 is 1.10 bits per heavy atom. The van der Waals surface area contributed by atoms with Crippen LogP contribution >= 0.6 is 0 Å². The summed E-state index contributed by atoms with van der Waals surface area (Å²) in [7, 11) is -2.70. The number of nitrogens with one attached hydrogen (secondary N) is 1. The molecule has 0 saturated carbocycles. The van der Waals surface area contributed by atoms with Gasteiger partial charge in [0.1, 0.15) is 18.1 Å². The Balaban J connectivity index is 6.08. The van der Waals surface area contributed by atoms with Gasteiger partial charge in [-0.25, -0.2) is 13.6 Å². The van der Waals surface area contributed by atoms with Crippen molar-refractivity contribution in [3.8, 4) is 0 Å².